The summed E-state index contributed by atoms with van der Waals surface area (Å²) in [5, 5.41) is 2.91. The molecule has 3 N–H and O–H groups in total. The van der Waals surface area contributed by atoms with Gasteiger partial charge in [0.1, 0.15) is 0 Å². The summed E-state index contributed by atoms with van der Waals surface area (Å²) in [7, 11) is 0. The molecule has 1 aliphatic carbocycles. The van der Waals surface area contributed by atoms with Gasteiger partial charge in [0, 0.05) is 44.5 Å². The smallest absolute Gasteiger partial charge is 0.317 e. The topological polar surface area (TPSA) is 101 Å². The van der Waals surface area contributed by atoms with E-state index in [1.165, 1.54) is 19.3 Å². The summed E-state index contributed by atoms with van der Waals surface area (Å²) in [6.45, 7) is 9.32. The van der Waals surface area contributed by atoms with Gasteiger partial charge in [-0.1, -0.05) is 19.3 Å². The van der Waals surface area contributed by atoms with Crippen LogP contribution in [0, 0.1) is 12.8 Å². The third kappa shape index (κ3) is 5.87. The lowest BCUT2D eigenvalue weighted by Gasteiger charge is -2.34. The second-order valence-electron chi connectivity index (χ2n) is 9.30. The molecule has 0 radical (unpaired) electrons. The zero-order valence-corrected chi connectivity index (χ0v) is 19.2. The Bertz CT molecular complexity index is 802. The van der Waals surface area contributed by atoms with Crippen LogP contribution < -0.4 is 11.1 Å². The minimum atomic E-state index is -0.487. The number of piperazine rings is 1. The Balaban J connectivity index is 1.66. The van der Waals surface area contributed by atoms with E-state index in [1.807, 2.05) is 25.3 Å². The van der Waals surface area contributed by atoms with E-state index in [-0.39, 0.29) is 24.4 Å². The second-order valence-corrected chi connectivity index (χ2v) is 9.30. The summed E-state index contributed by atoms with van der Waals surface area (Å²) in [4.78, 5) is 41.2. The Morgan fingerprint density at radius 3 is 2.32 bits per heavy atom. The van der Waals surface area contributed by atoms with Crippen LogP contribution in [0.4, 0.5) is 4.79 Å². The maximum atomic E-state index is 13.2. The fraction of sp³-hybridized carbons (Fsp3) is 0.696. The van der Waals surface area contributed by atoms with Crippen molar-refractivity contribution in [3.63, 3.8) is 0 Å². The largest absolute Gasteiger partial charge is 0.366 e. The number of ketones is 1. The Hall–Kier alpha value is -2.35. The number of hydrogen-bond acceptors (Lipinski definition) is 4. The maximum absolute atomic E-state index is 13.2. The Labute approximate surface area is 185 Å². The first-order valence-corrected chi connectivity index (χ1v) is 11.6. The van der Waals surface area contributed by atoms with Gasteiger partial charge in [0.05, 0.1) is 17.8 Å². The molecule has 3 rings (SSSR count). The number of primary amides is 1. The number of urea groups is 1. The number of carbonyl (C=O) groups is 3. The van der Waals surface area contributed by atoms with E-state index in [2.05, 4.69) is 10.2 Å². The Kier molecular flexibility index (Phi) is 7.75. The lowest BCUT2D eigenvalue weighted by molar-refractivity contribution is 0.0866. The number of amides is 3. The second kappa shape index (κ2) is 10.3. The molecule has 1 aliphatic heterocycles. The SMILES string of the molecule is Cc1c(C(N)=O)cc(C(=O)CN2CCN(C(=O)NC(C)C)CC2)n1CC1CCCCC1. The van der Waals surface area contributed by atoms with E-state index >= 15 is 0 Å². The minimum absolute atomic E-state index is 0.00601. The van der Waals surface area contributed by atoms with Gasteiger partial charge in [-0.3, -0.25) is 14.5 Å². The molecule has 3 amide bonds. The van der Waals surface area contributed by atoms with E-state index in [0.29, 0.717) is 43.4 Å². The monoisotopic (exact) mass is 431 g/mol. The summed E-state index contributed by atoms with van der Waals surface area (Å²) < 4.78 is 2.02. The van der Waals surface area contributed by atoms with Crippen molar-refractivity contribution < 1.29 is 14.4 Å². The predicted molar refractivity (Wildman–Crippen MR) is 120 cm³/mol. The number of nitrogens with two attached hydrogens (primary N) is 1. The van der Waals surface area contributed by atoms with Gasteiger partial charge < -0.3 is 20.5 Å². The fourth-order valence-corrected chi connectivity index (χ4v) is 4.72. The quantitative estimate of drug-likeness (QED) is 0.647. The predicted octanol–water partition coefficient (Wildman–Crippen LogP) is 2.39. The molecule has 172 valence electrons. The van der Waals surface area contributed by atoms with Crippen molar-refractivity contribution in [2.75, 3.05) is 32.7 Å². The first-order chi connectivity index (χ1) is 14.8. The summed E-state index contributed by atoms with van der Waals surface area (Å²) in [5.41, 5.74) is 7.38. The molecule has 8 nitrogen and oxygen atoms in total. The van der Waals surface area contributed by atoms with Crippen LogP contribution in [0.2, 0.25) is 0 Å². The van der Waals surface area contributed by atoms with Gasteiger partial charge in [-0.15, -0.1) is 0 Å². The molecular formula is C23H37N5O3. The average molecular weight is 432 g/mol. The Morgan fingerprint density at radius 2 is 1.74 bits per heavy atom. The molecule has 1 aromatic heterocycles. The molecule has 0 aromatic carbocycles. The van der Waals surface area contributed by atoms with E-state index in [4.69, 9.17) is 5.73 Å². The maximum Gasteiger partial charge on any atom is 0.317 e. The summed E-state index contributed by atoms with van der Waals surface area (Å²) >= 11 is 0. The van der Waals surface area contributed by atoms with E-state index in [9.17, 15) is 14.4 Å². The number of rotatable bonds is 7. The van der Waals surface area contributed by atoms with Crippen molar-refractivity contribution in [2.45, 2.75) is 65.5 Å². The van der Waals surface area contributed by atoms with Crippen LogP contribution in [-0.4, -0.2) is 70.9 Å². The average Bonchev–Trinajstić information content (AvgIpc) is 3.05. The summed E-state index contributed by atoms with van der Waals surface area (Å²) in [6.07, 6.45) is 6.06. The van der Waals surface area contributed by atoms with Gasteiger partial charge in [-0.05, 0) is 45.6 Å². The minimum Gasteiger partial charge on any atom is -0.366 e. The number of nitrogens with one attached hydrogen (secondary N) is 1. The highest BCUT2D eigenvalue weighted by atomic mass is 16.2. The van der Waals surface area contributed by atoms with Crippen molar-refractivity contribution in [3.05, 3.63) is 23.0 Å². The first-order valence-electron chi connectivity index (χ1n) is 11.6. The van der Waals surface area contributed by atoms with Crippen LogP contribution in [0.5, 0.6) is 0 Å². The lowest BCUT2D eigenvalue weighted by Crippen LogP contribution is -2.53. The van der Waals surface area contributed by atoms with Gasteiger partial charge in [-0.2, -0.15) is 0 Å². The van der Waals surface area contributed by atoms with Crippen LogP contribution >= 0.6 is 0 Å². The van der Waals surface area contributed by atoms with Gasteiger partial charge in [0.2, 0.25) is 0 Å². The van der Waals surface area contributed by atoms with E-state index in [1.54, 1.807) is 11.0 Å². The van der Waals surface area contributed by atoms with Crippen molar-refractivity contribution in [1.82, 2.24) is 19.7 Å². The van der Waals surface area contributed by atoms with Crippen LogP contribution in [0.15, 0.2) is 6.07 Å². The molecule has 2 aliphatic rings. The highest BCUT2D eigenvalue weighted by Gasteiger charge is 2.27. The van der Waals surface area contributed by atoms with Gasteiger partial charge >= 0.3 is 6.03 Å². The van der Waals surface area contributed by atoms with Crippen molar-refractivity contribution in [2.24, 2.45) is 11.7 Å². The highest BCUT2D eigenvalue weighted by molar-refractivity contribution is 6.01. The van der Waals surface area contributed by atoms with E-state index in [0.717, 1.165) is 25.1 Å². The van der Waals surface area contributed by atoms with Crippen LogP contribution in [0.25, 0.3) is 0 Å². The highest BCUT2D eigenvalue weighted by Crippen LogP contribution is 2.27. The molecule has 1 saturated heterocycles. The van der Waals surface area contributed by atoms with Crippen LogP contribution in [-0.2, 0) is 6.54 Å². The van der Waals surface area contributed by atoms with Gasteiger partial charge in [0.25, 0.3) is 5.91 Å². The van der Waals surface area contributed by atoms with Crippen molar-refractivity contribution in [1.29, 1.82) is 0 Å². The number of nitrogens with zero attached hydrogens (tertiary/aromatic N) is 3. The van der Waals surface area contributed by atoms with Crippen molar-refractivity contribution in [3.8, 4) is 0 Å². The standard InChI is InChI=1S/C23H37N5O3/c1-16(2)25-23(31)27-11-9-26(10-12-27)15-21(29)20-13-19(22(24)30)17(3)28(20)14-18-7-5-4-6-8-18/h13,16,18H,4-12,14-15H2,1-3H3,(H2,24,30)(H,25,31). The normalized spacial score (nSPS) is 18.4. The van der Waals surface area contributed by atoms with Gasteiger partial charge in [0.15, 0.2) is 5.78 Å². The number of Topliss-reactive ketones (excluding diaryl/α,β-unsaturated/α-hetero) is 1. The van der Waals surface area contributed by atoms with Crippen LogP contribution in [0.3, 0.4) is 0 Å². The molecule has 0 unspecified atom stereocenters. The molecule has 2 heterocycles. The lowest BCUT2D eigenvalue weighted by atomic mass is 9.89. The zero-order valence-electron chi connectivity index (χ0n) is 19.2. The molecule has 0 atom stereocenters. The molecule has 0 spiro atoms. The zero-order chi connectivity index (χ0) is 22.5. The third-order valence-electron chi connectivity index (χ3n) is 6.52. The third-order valence-corrected chi connectivity index (χ3v) is 6.52. The molecule has 1 saturated carbocycles. The number of hydrogen-bond donors (Lipinski definition) is 2. The molecule has 0 bridgehead atoms. The first kappa shape index (κ1) is 23.3. The molecule has 1 aromatic rings. The van der Waals surface area contributed by atoms with Crippen LogP contribution in [0.1, 0.15) is 72.5 Å². The molecule has 2 fully saturated rings. The number of carbonyl (C=O) groups excluding carboxylic acids is 3. The van der Waals surface area contributed by atoms with Gasteiger partial charge in [-0.25, -0.2) is 4.79 Å². The number of aromatic nitrogens is 1. The molecule has 8 heteroatoms. The summed E-state index contributed by atoms with van der Waals surface area (Å²) in [6, 6.07) is 1.73. The van der Waals surface area contributed by atoms with Crippen molar-refractivity contribution >= 4 is 17.7 Å². The molecular weight excluding hydrogens is 394 g/mol. The Morgan fingerprint density at radius 1 is 1.10 bits per heavy atom. The fourth-order valence-electron chi connectivity index (χ4n) is 4.72. The summed E-state index contributed by atoms with van der Waals surface area (Å²) in [5.74, 6) is 0.0559. The van der Waals surface area contributed by atoms with E-state index < -0.39 is 5.91 Å². The molecule has 31 heavy (non-hydrogen) atoms.